The molecule has 0 atom stereocenters. The van der Waals surface area contributed by atoms with Gasteiger partial charge in [0.15, 0.2) is 0 Å². The quantitative estimate of drug-likeness (QED) is 0.285. The van der Waals surface area contributed by atoms with Gasteiger partial charge in [-0.1, -0.05) is 76.9 Å². The molecule has 0 fully saturated rings. The molecule has 0 aliphatic carbocycles. The Morgan fingerprint density at radius 1 is 0.750 bits per heavy atom. The summed E-state index contributed by atoms with van der Waals surface area (Å²) in [6.07, 6.45) is 17.9. The van der Waals surface area contributed by atoms with Crippen LogP contribution in [0.15, 0.2) is 25.3 Å². The van der Waals surface area contributed by atoms with Gasteiger partial charge in [0.2, 0.25) is 0 Å². The molecule has 0 nitrogen and oxygen atoms in total. The van der Waals surface area contributed by atoms with Crippen LogP contribution in [0.2, 0.25) is 0 Å². The molecule has 0 amide bonds. The van der Waals surface area contributed by atoms with E-state index in [0.29, 0.717) is 5.92 Å². The fourth-order valence-corrected chi connectivity index (χ4v) is 2.02. The van der Waals surface area contributed by atoms with Crippen LogP contribution in [0, 0.1) is 5.92 Å². The van der Waals surface area contributed by atoms with Gasteiger partial charge < -0.3 is 0 Å². The summed E-state index contributed by atoms with van der Waals surface area (Å²) in [6.45, 7) is 9.91. The largest absolute Gasteiger partial charge is 0.102 e. The summed E-state index contributed by atoms with van der Waals surface area (Å²) in [6, 6.07) is 0. The lowest BCUT2D eigenvalue weighted by Gasteiger charge is -2.06. The number of hydrogen-bond acceptors (Lipinski definition) is 0. The predicted octanol–water partition coefficient (Wildman–Crippen LogP) is 5.90. The third kappa shape index (κ3) is 10.0. The summed E-state index contributed by atoms with van der Waals surface area (Å²) >= 11 is 0. The van der Waals surface area contributed by atoms with Crippen molar-refractivity contribution in [1.82, 2.24) is 0 Å². The smallest absolute Gasteiger partial charge is 0.00589 e. The minimum atomic E-state index is 0.532. The molecule has 0 unspecified atom stereocenters. The second-order valence-corrected chi connectivity index (χ2v) is 4.75. The number of hydrogen-bond donors (Lipinski definition) is 0. The second kappa shape index (κ2) is 12.5. The number of rotatable bonds is 12. The highest BCUT2D eigenvalue weighted by Crippen LogP contribution is 2.14. The van der Waals surface area contributed by atoms with E-state index in [2.05, 4.69) is 20.1 Å². The minimum Gasteiger partial charge on any atom is -0.102 e. The maximum atomic E-state index is 3.82. The van der Waals surface area contributed by atoms with E-state index in [0.717, 1.165) is 0 Å². The SMILES string of the molecule is C=CC(C=C)CCCCCCCCCCC. The number of allylic oxidation sites excluding steroid dienone is 2. The number of unbranched alkanes of at least 4 members (excludes halogenated alkanes) is 8. The average Bonchev–Trinajstić information content (AvgIpc) is 2.32. The highest BCUT2D eigenvalue weighted by molar-refractivity contribution is 4.91. The maximum absolute atomic E-state index is 3.82. The molecule has 0 saturated carbocycles. The highest BCUT2D eigenvalue weighted by Gasteiger charge is 1.97. The fourth-order valence-electron chi connectivity index (χ4n) is 2.02. The molecule has 0 aromatic carbocycles. The first-order valence-electron chi connectivity index (χ1n) is 7.10. The first-order valence-corrected chi connectivity index (χ1v) is 7.10. The molecule has 0 heterocycles. The van der Waals surface area contributed by atoms with Gasteiger partial charge in [-0.3, -0.25) is 0 Å². The Hall–Kier alpha value is -0.520. The van der Waals surface area contributed by atoms with E-state index in [4.69, 9.17) is 0 Å². The Labute approximate surface area is 103 Å². The zero-order chi connectivity index (χ0) is 12.1. The molecule has 0 aliphatic rings. The third-order valence-corrected chi connectivity index (χ3v) is 3.25. The molecule has 0 aliphatic heterocycles. The van der Waals surface area contributed by atoms with Crippen molar-refractivity contribution in [3.8, 4) is 0 Å². The van der Waals surface area contributed by atoms with E-state index in [9.17, 15) is 0 Å². The van der Waals surface area contributed by atoms with Gasteiger partial charge in [-0.2, -0.15) is 0 Å². The van der Waals surface area contributed by atoms with Crippen molar-refractivity contribution >= 4 is 0 Å². The Bertz CT molecular complexity index is 149. The zero-order valence-corrected chi connectivity index (χ0v) is 11.2. The van der Waals surface area contributed by atoms with E-state index in [1.54, 1.807) is 0 Å². The Balaban J connectivity index is 3.09. The zero-order valence-electron chi connectivity index (χ0n) is 11.2. The van der Waals surface area contributed by atoms with E-state index < -0.39 is 0 Å². The van der Waals surface area contributed by atoms with Gasteiger partial charge >= 0.3 is 0 Å². The van der Waals surface area contributed by atoms with Crippen LogP contribution in [-0.4, -0.2) is 0 Å². The standard InChI is InChI=1S/C16H30/c1-4-7-8-9-10-11-12-13-14-15-16(5-2)6-3/h5-6,16H,2-4,7-15H2,1H3. The molecular formula is C16H30. The summed E-state index contributed by atoms with van der Waals surface area (Å²) in [5, 5.41) is 0. The maximum Gasteiger partial charge on any atom is -0.00589 e. The molecule has 0 radical (unpaired) electrons. The van der Waals surface area contributed by atoms with Crippen molar-refractivity contribution in [2.75, 3.05) is 0 Å². The molecule has 0 rings (SSSR count). The van der Waals surface area contributed by atoms with E-state index in [1.807, 2.05) is 12.2 Å². The van der Waals surface area contributed by atoms with Crippen molar-refractivity contribution < 1.29 is 0 Å². The van der Waals surface area contributed by atoms with Gasteiger partial charge in [-0.05, 0) is 12.3 Å². The molecule has 0 aromatic heterocycles. The molecule has 94 valence electrons. The highest BCUT2D eigenvalue weighted by atomic mass is 14.0. The summed E-state index contributed by atoms with van der Waals surface area (Å²) in [4.78, 5) is 0. The van der Waals surface area contributed by atoms with Crippen molar-refractivity contribution in [1.29, 1.82) is 0 Å². The third-order valence-electron chi connectivity index (χ3n) is 3.25. The van der Waals surface area contributed by atoms with Crippen LogP contribution in [0.4, 0.5) is 0 Å². The summed E-state index contributed by atoms with van der Waals surface area (Å²) in [5.41, 5.74) is 0. The molecule has 0 aromatic rings. The fraction of sp³-hybridized carbons (Fsp3) is 0.750. The molecule has 0 bridgehead atoms. The normalized spacial score (nSPS) is 10.6. The Kier molecular flexibility index (Phi) is 12.1. The Morgan fingerprint density at radius 2 is 1.19 bits per heavy atom. The monoisotopic (exact) mass is 222 g/mol. The minimum absolute atomic E-state index is 0.532. The van der Waals surface area contributed by atoms with Crippen LogP contribution in [0.3, 0.4) is 0 Å². The van der Waals surface area contributed by atoms with Crippen LogP contribution in [0.25, 0.3) is 0 Å². The van der Waals surface area contributed by atoms with Crippen molar-refractivity contribution in [3.63, 3.8) is 0 Å². The molecule has 16 heavy (non-hydrogen) atoms. The van der Waals surface area contributed by atoms with Crippen LogP contribution >= 0.6 is 0 Å². The summed E-state index contributed by atoms with van der Waals surface area (Å²) in [7, 11) is 0. The van der Waals surface area contributed by atoms with Crippen molar-refractivity contribution in [3.05, 3.63) is 25.3 Å². The summed E-state index contributed by atoms with van der Waals surface area (Å²) < 4.78 is 0. The molecule has 0 N–H and O–H groups in total. The van der Waals surface area contributed by atoms with E-state index >= 15 is 0 Å². The van der Waals surface area contributed by atoms with Crippen LogP contribution in [0.5, 0.6) is 0 Å². The van der Waals surface area contributed by atoms with Gasteiger partial charge in [-0.15, -0.1) is 13.2 Å². The first kappa shape index (κ1) is 15.5. The van der Waals surface area contributed by atoms with Gasteiger partial charge in [0.1, 0.15) is 0 Å². The molecule has 0 spiro atoms. The van der Waals surface area contributed by atoms with Gasteiger partial charge in [0.25, 0.3) is 0 Å². The molecule has 0 saturated heterocycles. The van der Waals surface area contributed by atoms with Crippen LogP contribution < -0.4 is 0 Å². The Morgan fingerprint density at radius 3 is 1.62 bits per heavy atom. The van der Waals surface area contributed by atoms with Crippen LogP contribution in [0.1, 0.15) is 71.1 Å². The van der Waals surface area contributed by atoms with Gasteiger partial charge in [0.05, 0.1) is 0 Å². The predicted molar refractivity (Wildman–Crippen MR) is 75.7 cm³/mol. The average molecular weight is 222 g/mol. The second-order valence-electron chi connectivity index (χ2n) is 4.75. The lowest BCUT2D eigenvalue weighted by molar-refractivity contribution is 0.543. The lowest BCUT2D eigenvalue weighted by Crippen LogP contribution is -1.90. The van der Waals surface area contributed by atoms with Crippen LogP contribution in [-0.2, 0) is 0 Å². The van der Waals surface area contributed by atoms with Gasteiger partial charge in [-0.25, -0.2) is 0 Å². The van der Waals surface area contributed by atoms with Gasteiger partial charge in [0, 0.05) is 0 Å². The molecular weight excluding hydrogens is 192 g/mol. The van der Waals surface area contributed by atoms with E-state index in [-0.39, 0.29) is 0 Å². The van der Waals surface area contributed by atoms with E-state index in [1.165, 1.54) is 64.2 Å². The topological polar surface area (TPSA) is 0 Å². The summed E-state index contributed by atoms with van der Waals surface area (Å²) in [5.74, 6) is 0.532. The van der Waals surface area contributed by atoms with Crippen molar-refractivity contribution in [2.45, 2.75) is 71.1 Å². The molecule has 0 heteroatoms. The lowest BCUT2D eigenvalue weighted by atomic mass is 10.00. The van der Waals surface area contributed by atoms with Crippen molar-refractivity contribution in [2.24, 2.45) is 5.92 Å². The first-order chi connectivity index (χ1) is 7.85.